The van der Waals surface area contributed by atoms with Crippen molar-refractivity contribution in [3.05, 3.63) is 41.3 Å². The zero-order valence-corrected chi connectivity index (χ0v) is 18.2. The van der Waals surface area contributed by atoms with Gasteiger partial charge >= 0.3 is 6.03 Å². The van der Waals surface area contributed by atoms with Crippen LogP contribution in [0, 0.1) is 5.92 Å². The van der Waals surface area contributed by atoms with E-state index in [9.17, 15) is 4.79 Å². The maximum absolute atomic E-state index is 12.6. The van der Waals surface area contributed by atoms with E-state index in [1.807, 2.05) is 21.9 Å². The fourth-order valence-electron chi connectivity index (χ4n) is 3.91. The molecule has 0 bridgehead atoms. The number of nitrogens with zero attached hydrogens (tertiary/aromatic N) is 5. The summed E-state index contributed by atoms with van der Waals surface area (Å²) in [5.41, 5.74) is 8.97. The Morgan fingerprint density at radius 1 is 1.19 bits per heavy atom. The molecule has 2 aromatic heterocycles. The second-order valence-corrected chi connectivity index (χ2v) is 8.21. The number of fused-ring (bicyclic) bond motifs is 1. The van der Waals surface area contributed by atoms with E-state index in [1.165, 1.54) is 6.20 Å². The molecule has 0 aliphatic carbocycles. The Bertz CT molecular complexity index is 981. The van der Waals surface area contributed by atoms with Gasteiger partial charge in [-0.1, -0.05) is 11.6 Å². The smallest absolute Gasteiger partial charge is 0.320 e. The maximum atomic E-state index is 12.6. The number of piperidine rings is 1. The number of allylic oxidation sites excluding steroid dienone is 1. The second-order valence-electron chi connectivity index (χ2n) is 7.82. The molecule has 2 aliphatic heterocycles. The van der Waals surface area contributed by atoms with Gasteiger partial charge in [0.1, 0.15) is 5.15 Å². The fourth-order valence-corrected chi connectivity index (χ4v) is 4.07. The Balaban J connectivity index is 1.30. The number of hydrogen-bond donors (Lipinski definition) is 1. The molecule has 8 nitrogen and oxygen atoms in total. The van der Waals surface area contributed by atoms with Crippen LogP contribution in [0.2, 0.25) is 5.15 Å². The molecule has 0 aromatic carbocycles. The topological polar surface area (TPSA) is 96.9 Å². The summed E-state index contributed by atoms with van der Waals surface area (Å²) in [6.45, 7) is 4.88. The molecule has 2 N–H and O–H groups in total. The molecular formula is C22H27ClN6O2. The number of rotatable bonds is 4. The second kappa shape index (κ2) is 10.1. The largest absolute Gasteiger partial charge is 0.404 e. The number of likely N-dealkylation sites (tertiary alicyclic amines) is 1. The van der Waals surface area contributed by atoms with Gasteiger partial charge in [0.25, 0.3) is 0 Å². The molecule has 0 atom stereocenters. The van der Waals surface area contributed by atoms with Crippen molar-refractivity contribution in [1.82, 2.24) is 19.8 Å². The van der Waals surface area contributed by atoms with Crippen LogP contribution in [0.3, 0.4) is 0 Å². The van der Waals surface area contributed by atoms with Crippen LogP contribution in [0.25, 0.3) is 16.6 Å². The number of pyridine rings is 2. The van der Waals surface area contributed by atoms with E-state index in [4.69, 9.17) is 22.1 Å². The van der Waals surface area contributed by atoms with Crippen LogP contribution in [-0.4, -0.2) is 78.0 Å². The normalized spacial score (nSPS) is 18.8. The van der Waals surface area contributed by atoms with Crippen molar-refractivity contribution < 1.29 is 9.53 Å². The number of hydrogen-bond acceptors (Lipinski definition) is 6. The highest BCUT2D eigenvalue weighted by Gasteiger charge is 2.27. The molecule has 2 saturated heterocycles. The molecule has 164 valence electrons. The molecular weight excluding hydrogens is 416 g/mol. The number of morpholine rings is 1. The summed E-state index contributed by atoms with van der Waals surface area (Å²) in [4.78, 5) is 29.8. The zero-order chi connectivity index (χ0) is 21.6. The third-order valence-corrected chi connectivity index (χ3v) is 5.99. The molecule has 4 rings (SSSR count). The van der Waals surface area contributed by atoms with Crippen molar-refractivity contribution >= 4 is 40.5 Å². The molecule has 2 aromatic rings. The van der Waals surface area contributed by atoms with Crippen molar-refractivity contribution in [2.24, 2.45) is 16.6 Å². The van der Waals surface area contributed by atoms with E-state index in [0.717, 1.165) is 48.1 Å². The molecule has 0 radical (unpaired) electrons. The lowest BCUT2D eigenvalue weighted by Crippen LogP contribution is -2.50. The van der Waals surface area contributed by atoms with Gasteiger partial charge in [0, 0.05) is 62.5 Å². The summed E-state index contributed by atoms with van der Waals surface area (Å²) in [5, 5.41) is 0.428. The van der Waals surface area contributed by atoms with Crippen LogP contribution in [-0.2, 0) is 4.74 Å². The van der Waals surface area contributed by atoms with Crippen LogP contribution in [0.1, 0.15) is 18.4 Å². The van der Waals surface area contributed by atoms with E-state index in [1.54, 1.807) is 18.5 Å². The molecule has 0 unspecified atom stereocenters. The number of urea groups is 1. The van der Waals surface area contributed by atoms with E-state index in [-0.39, 0.29) is 6.03 Å². The lowest BCUT2D eigenvalue weighted by atomic mass is 9.97. The van der Waals surface area contributed by atoms with Gasteiger partial charge in [-0.15, -0.1) is 0 Å². The highest BCUT2D eigenvalue weighted by molar-refractivity contribution is 6.29. The first-order valence-electron chi connectivity index (χ1n) is 10.6. The molecule has 0 saturated carbocycles. The summed E-state index contributed by atoms with van der Waals surface area (Å²) in [7, 11) is 0. The first-order valence-corrected chi connectivity index (χ1v) is 11.0. The first-order chi connectivity index (χ1) is 15.1. The van der Waals surface area contributed by atoms with E-state index in [2.05, 4.69) is 15.0 Å². The van der Waals surface area contributed by atoms with E-state index in [0.29, 0.717) is 43.9 Å². The Hall–Kier alpha value is -2.71. The van der Waals surface area contributed by atoms with Gasteiger partial charge in [0.2, 0.25) is 0 Å². The number of carbonyl (C=O) groups is 1. The Morgan fingerprint density at radius 3 is 2.68 bits per heavy atom. The SMILES string of the molecule is NC=C(C=NCC1CCN(C(=O)N2CCOCC2)CC1)c1cnc2ccc(Cl)nc2c1. The standard InChI is InChI=1S/C22H27ClN6O2/c23-21-2-1-19-20(27-21)11-17(15-26-19)18(12-24)14-25-13-16-3-5-28(6-4-16)22(30)29-7-9-31-10-8-29/h1-2,11-12,14-16H,3-10,13,24H2. The lowest BCUT2D eigenvalue weighted by Gasteiger charge is -2.36. The van der Waals surface area contributed by atoms with Crippen molar-refractivity contribution in [3.8, 4) is 0 Å². The van der Waals surface area contributed by atoms with Gasteiger partial charge in [0.05, 0.1) is 24.2 Å². The summed E-state index contributed by atoms with van der Waals surface area (Å²) in [6, 6.07) is 5.60. The molecule has 2 aliphatic rings. The molecule has 31 heavy (non-hydrogen) atoms. The van der Waals surface area contributed by atoms with E-state index >= 15 is 0 Å². The van der Waals surface area contributed by atoms with Gasteiger partial charge in [-0.3, -0.25) is 9.98 Å². The molecule has 4 heterocycles. The fraction of sp³-hybridized carbons (Fsp3) is 0.455. The summed E-state index contributed by atoms with van der Waals surface area (Å²) in [6.07, 6.45) is 6.99. The van der Waals surface area contributed by atoms with Gasteiger partial charge < -0.3 is 20.3 Å². The Kier molecular flexibility index (Phi) is 6.99. The summed E-state index contributed by atoms with van der Waals surface area (Å²) < 4.78 is 5.33. The van der Waals surface area contributed by atoms with Gasteiger partial charge in [0.15, 0.2) is 0 Å². The number of amides is 2. The minimum Gasteiger partial charge on any atom is -0.404 e. The highest BCUT2D eigenvalue weighted by atomic mass is 35.5. The van der Waals surface area contributed by atoms with Crippen LogP contribution in [0.5, 0.6) is 0 Å². The van der Waals surface area contributed by atoms with Crippen molar-refractivity contribution in [1.29, 1.82) is 0 Å². The third kappa shape index (κ3) is 5.32. The van der Waals surface area contributed by atoms with Crippen molar-refractivity contribution in [2.75, 3.05) is 45.9 Å². The molecule has 0 spiro atoms. The molecule has 9 heteroatoms. The van der Waals surface area contributed by atoms with Gasteiger partial charge in [-0.05, 0) is 37.0 Å². The minimum absolute atomic E-state index is 0.135. The average Bonchev–Trinajstić information content (AvgIpc) is 2.82. The third-order valence-electron chi connectivity index (χ3n) is 5.78. The average molecular weight is 443 g/mol. The van der Waals surface area contributed by atoms with Crippen molar-refractivity contribution in [2.45, 2.75) is 12.8 Å². The first kappa shape index (κ1) is 21.5. The Labute approximate surface area is 186 Å². The van der Waals surface area contributed by atoms with E-state index < -0.39 is 0 Å². The number of ether oxygens (including phenoxy) is 1. The molecule has 2 amide bonds. The predicted octanol–water partition coefficient (Wildman–Crippen LogP) is 2.82. The van der Waals surface area contributed by atoms with Gasteiger partial charge in [-0.2, -0.15) is 0 Å². The summed E-state index contributed by atoms with van der Waals surface area (Å²) >= 11 is 5.99. The number of aromatic nitrogens is 2. The number of carbonyl (C=O) groups excluding carboxylic acids is 1. The van der Waals surface area contributed by atoms with Crippen LogP contribution in [0.15, 0.2) is 35.6 Å². The number of halogens is 1. The molecule has 2 fully saturated rings. The highest BCUT2D eigenvalue weighted by Crippen LogP contribution is 2.21. The lowest BCUT2D eigenvalue weighted by molar-refractivity contribution is 0.0402. The number of nitrogens with two attached hydrogens (primary N) is 1. The summed E-state index contributed by atoms with van der Waals surface area (Å²) in [5.74, 6) is 0.458. The van der Waals surface area contributed by atoms with Crippen LogP contribution < -0.4 is 5.73 Å². The minimum atomic E-state index is 0.135. The quantitative estimate of drug-likeness (QED) is 0.580. The Morgan fingerprint density at radius 2 is 1.94 bits per heavy atom. The van der Waals surface area contributed by atoms with Gasteiger partial charge in [-0.25, -0.2) is 9.78 Å². The number of aliphatic imine (C=N–C) groups is 1. The predicted molar refractivity (Wildman–Crippen MR) is 122 cm³/mol. The van der Waals surface area contributed by atoms with Crippen LogP contribution in [0.4, 0.5) is 4.79 Å². The zero-order valence-electron chi connectivity index (χ0n) is 17.4. The maximum Gasteiger partial charge on any atom is 0.320 e. The monoisotopic (exact) mass is 442 g/mol. The van der Waals surface area contributed by atoms with Crippen LogP contribution >= 0.6 is 11.6 Å². The van der Waals surface area contributed by atoms with Crippen molar-refractivity contribution in [3.63, 3.8) is 0 Å².